The maximum Gasteiger partial charge on any atom is 0.333 e. The summed E-state index contributed by atoms with van der Waals surface area (Å²) in [5, 5.41) is 2.53. The highest BCUT2D eigenvalue weighted by molar-refractivity contribution is 9.10. The summed E-state index contributed by atoms with van der Waals surface area (Å²) < 4.78 is 19.6. The molecule has 8 heteroatoms. The molecule has 0 spiro atoms. The van der Waals surface area contributed by atoms with Crippen LogP contribution in [0, 0.1) is 19.7 Å². The number of hydrogen-bond donors (Lipinski definition) is 3. The first-order chi connectivity index (χ1) is 11.4. The van der Waals surface area contributed by atoms with Crippen molar-refractivity contribution in [1.82, 2.24) is 16.2 Å². The summed E-state index contributed by atoms with van der Waals surface area (Å²) in [6.45, 7) is 3.61. The van der Waals surface area contributed by atoms with Gasteiger partial charge in [0.15, 0.2) is 0 Å². The zero-order valence-corrected chi connectivity index (χ0v) is 14.8. The van der Waals surface area contributed by atoms with E-state index in [1.54, 1.807) is 32.0 Å². The Morgan fingerprint density at radius 3 is 2.62 bits per heavy atom. The van der Waals surface area contributed by atoms with Gasteiger partial charge in [0.2, 0.25) is 0 Å². The lowest BCUT2D eigenvalue weighted by molar-refractivity contribution is 0.0934. The number of halogens is 2. The van der Waals surface area contributed by atoms with Crippen LogP contribution < -0.4 is 16.2 Å². The van der Waals surface area contributed by atoms with Crippen molar-refractivity contribution < 1.29 is 18.4 Å². The van der Waals surface area contributed by atoms with Crippen LogP contribution in [0.15, 0.2) is 33.2 Å². The first-order valence-corrected chi connectivity index (χ1v) is 8.01. The molecule has 0 aliphatic heterocycles. The Bertz CT molecular complexity index is 761. The van der Waals surface area contributed by atoms with Crippen molar-refractivity contribution in [3.05, 3.63) is 57.2 Å². The Balaban J connectivity index is 1.76. The molecule has 0 radical (unpaired) electrons. The number of hydrogen-bond acceptors (Lipinski definition) is 3. The van der Waals surface area contributed by atoms with E-state index in [0.717, 1.165) is 4.47 Å². The standard InChI is InChI=1S/C16H17BrFN3O3/c1-9-7-13(10(2)24-9)15(22)20-21-16(23)19-6-5-11-8-12(17)3-4-14(11)18/h3-4,7-8H,5-6H2,1-2H3,(H,20,22)(H2,19,21,23). The van der Waals surface area contributed by atoms with E-state index < -0.39 is 11.9 Å². The number of nitrogens with one attached hydrogen (secondary N) is 3. The Morgan fingerprint density at radius 2 is 1.96 bits per heavy atom. The molecule has 128 valence electrons. The van der Waals surface area contributed by atoms with Gasteiger partial charge in [-0.3, -0.25) is 10.2 Å². The minimum Gasteiger partial charge on any atom is -0.466 e. The first-order valence-electron chi connectivity index (χ1n) is 7.22. The lowest BCUT2D eigenvalue weighted by Gasteiger charge is -2.09. The molecule has 1 heterocycles. The average Bonchev–Trinajstić information content (AvgIpc) is 2.87. The average molecular weight is 398 g/mol. The van der Waals surface area contributed by atoms with E-state index in [2.05, 4.69) is 32.1 Å². The quantitative estimate of drug-likeness (QED) is 0.693. The molecular formula is C16H17BrFN3O3. The van der Waals surface area contributed by atoms with Crippen LogP contribution in [0.2, 0.25) is 0 Å². The molecule has 0 aliphatic rings. The van der Waals surface area contributed by atoms with Crippen molar-refractivity contribution in [3.63, 3.8) is 0 Å². The lowest BCUT2D eigenvalue weighted by atomic mass is 10.1. The number of carbonyl (C=O) groups is 2. The summed E-state index contributed by atoms with van der Waals surface area (Å²) in [5.41, 5.74) is 5.35. The molecule has 0 saturated carbocycles. The van der Waals surface area contributed by atoms with Crippen LogP contribution in [0.25, 0.3) is 0 Å². The van der Waals surface area contributed by atoms with Gasteiger partial charge >= 0.3 is 6.03 Å². The number of aryl methyl sites for hydroxylation is 2. The molecule has 0 bridgehead atoms. The minimum atomic E-state index is -0.586. The van der Waals surface area contributed by atoms with Crippen molar-refractivity contribution in [2.75, 3.05) is 6.54 Å². The normalized spacial score (nSPS) is 10.3. The Hall–Kier alpha value is -2.35. The summed E-state index contributed by atoms with van der Waals surface area (Å²) in [7, 11) is 0. The van der Waals surface area contributed by atoms with E-state index >= 15 is 0 Å². The van der Waals surface area contributed by atoms with E-state index in [-0.39, 0.29) is 12.4 Å². The molecule has 2 aromatic rings. The summed E-state index contributed by atoms with van der Waals surface area (Å²) in [4.78, 5) is 23.5. The van der Waals surface area contributed by atoms with Crippen LogP contribution in [0.5, 0.6) is 0 Å². The zero-order chi connectivity index (χ0) is 17.7. The predicted molar refractivity (Wildman–Crippen MR) is 90.0 cm³/mol. The van der Waals surface area contributed by atoms with Crippen molar-refractivity contribution in [2.24, 2.45) is 0 Å². The van der Waals surface area contributed by atoms with Crippen molar-refractivity contribution in [2.45, 2.75) is 20.3 Å². The molecular weight excluding hydrogens is 381 g/mol. The van der Waals surface area contributed by atoms with Gasteiger partial charge in [-0.15, -0.1) is 0 Å². The highest BCUT2D eigenvalue weighted by Gasteiger charge is 2.14. The molecule has 2 rings (SSSR count). The summed E-state index contributed by atoms with van der Waals surface area (Å²) in [6, 6.07) is 5.61. The molecule has 24 heavy (non-hydrogen) atoms. The third-order valence-electron chi connectivity index (χ3n) is 3.26. The van der Waals surface area contributed by atoms with Gasteiger partial charge in [-0.05, 0) is 50.1 Å². The Morgan fingerprint density at radius 1 is 1.21 bits per heavy atom. The van der Waals surface area contributed by atoms with E-state index in [0.29, 0.717) is 29.1 Å². The number of rotatable bonds is 4. The molecule has 0 unspecified atom stereocenters. The fourth-order valence-corrected chi connectivity index (χ4v) is 2.54. The second-order valence-corrected chi connectivity index (χ2v) is 6.06. The molecule has 3 amide bonds. The number of benzene rings is 1. The zero-order valence-electron chi connectivity index (χ0n) is 13.2. The van der Waals surface area contributed by atoms with Crippen LogP contribution in [-0.4, -0.2) is 18.5 Å². The highest BCUT2D eigenvalue weighted by atomic mass is 79.9. The molecule has 1 aromatic carbocycles. The number of amides is 3. The van der Waals surface area contributed by atoms with E-state index in [9.17, 15) is 14.0 Å². The molecule has 1 aromatic heterocycles. The van der Waals surface area contributed by atoms with Crippen molar-refractivity contribution in [3.8, 4) is 0 Å². The van der Waals surface area contributed by atoms with Crippen LogP contribution in [0.1, 0.15) is 27.4 Å². The minimum absolute atomic E-state index is 0.221. The maximum atomic E-state index is 13.6. The van der Waals surface area contributed by atoms with Crippen molar-refractivity contribution in [1.29, 1.82) is 0 Å². The molecule has 0 saturated heterocycles. The Kier molecular flexibility index (Phi) is 5.97. The second kappa shape index (κ2) is 7.96. The predicted octanol–water partition coefficient (Wildman–Crippen LogP) is 2.98. The van der Waals surface area contributed by atoms with Gasteiger partial charge in [-0.1, -0.05) is 15.9 Å². The fraction of sp³-hybridized carbons (Fsp3) is 0.250. The monoisotopic (exact) mass is 397 g/mol. The van der Waals surface area contributed by atoms with E-state index in [4.69, 9.17) is 4.42 Å². The summed E-state index contributed by atoms with van der Waals surface area (Å²) >= 11 is 3.27. The van der Waals surface area contributed by atoms with Gasteiger partial charge in [0.25, 0.3) is 5.91 Å². The van der Waals surface area contributed by atoms with Gasteiger partial charge in [0.05, 0.1) is 5.56 Å². The van der Waals surface area contributed by atoms with Crippen LogP contribution >= 0.6 is 15.9 Å². The van der Waals surface area contributed by atoms with E-state index in [1.165, 1.54) is 6.07 Å². The highest BCUT2D eigenvalue weighted by Crippen LogP contribution is 2.15. The largest absolute Gasteiger partial charge is 0.466 e. The van der Waals surface area contributed by atoms with Crippen LogP contribution in [0.3, 0.4) is 0 Å². The first kappa shape index (κ1) is 18.0. The third-order valence-corrected chi connectivity index (χ3v) is 3.76. The van der Waals surface area contributed by atoms with Gasteiger partial charge < -0.3 is 9.73 Å². The maximum absolute atomic E-state index is 13.6. The topological polar surface area (TPSA) is 83.4 Å². The van der Waals surface area contributed by atoms with Crippen molar-refractivity contribution >= 4 is 27.9 Å². The molecule has 0 fully saturated rings. The van der Waals surface area contributed by atoms with Gasteiger partial charge in [0.1, 0.15) is 17.3 Å². The van der Waals surface area contributed by atoms with Gasteiger partial charge in [-0.25, -0.2) is 14.6 Å². The van der Waals surface area contributed by atoms with E-state index in [1.807, 2.05) is 0 Å². The lowest BCUT2D eigenvalue weighted by Crippen LogP contribution is -2.47. The van der Waals surface area contributed by atoms with Gasteiger partial charge in [0, 0.05) is 11.0 Å². The SMILES string of the molecule is Cc1cc(C(=O)NNC(=O)NCCc2cc(Br)ccc2F)c(C)o1. The van der Waals surface area contributed by atoms with Crippen LogP contribution in [-0.2, 0) is 6.42 Å². The summed E-state index contributed by atoms with van der Waals surface area (Å²) in [6.07, 6.45) is 0.326. The number of carbonyl (C=O) groups excluding carboxylic acids is 2. The fourth-order valence-electron chi connectivity index (χ4n) is 2.13. The number of furan rings is 1. The number of hydrazine groups is 1. The Labute approximate surface area is 146 Å². The number of urea groups is 1. The second-order valence-electron chi connectivity index (χ2n) is 5.15. The van der Waals surface area contributed by atoms with Gasteiger partial charge in [-0.2, -0.15) is 0 Å². The van der Waals surface area contributed by atoms with Crippen LogP contribution in [0.4, 0.5) is 9.18 Å². The molecule has 3 N–H and O–H groups in total. The molecule has 0 atom stereocenters. The summed E-state index contributed by atoms with van der Waals surface area (Å²) in [5.74, 6) is 0.271. The smallest absolute Gasteiger partial charge is 0.333 e. The third kappa shape index (κ3) is 4.82. The molecule has 0 aliphatic carbocycles. The molecule has 6 nitrogen and oxygen atoms in total.